The summed E-state index contributed by atoms with van der Waals surface area (Å²) in [5, 5.41) is 6.94. The molecule has 0 unspecified atom stereocenters. The van der Waals surface area contributed by atoms with Gasteiger partial charge in [0.1, 0.15) is 0 Å². The minimum atomic E-state index is 0. The average Bonchev–Trinajstić information content (AvgIpc) is 3.30. The Kier molecular flexibility index (Phi) is 11.8. The highest BCUT2D eigenvalue weighted by Crippen LogP contribution is 2.34. The lowest BCUT2D eigenvalue weighted by molar-refractivity contribution is 0.187. The molecule has 0 spiro atoms. The molecular weight excluding hydrogens is 503 g/mol. The second-order valence-electron chi connectivity index (χ2n) is 8.49. The molecule has 0 atom stereocenters. The standard InChI is InChI=1S/C24H40N4O2.HI/c1-4-28-16-13-19(14-17-28)12-15-26-24(25-2)27-18-20-8-7-11-22(29-3)23(20)30-21-9-5-6-10-21;/h7-8,11,19,21H,4-6,9-10,12-18H2,1-3H3,(H2,25,26,27);1H. The van der Waals surface area contributed by atoms with E-state index in [4.69, 9.17) is 9.47 Å². The monoisotopic (exact) mass is 544 g/mol. The van der Waals surface area contributed by atoms with Crippen molar-refractivity contribution in [2.45, 2.75) is 64.5 Å². The number of benzene rings is 1. The summed E-state index contributed by atoms with van der Waals surface area (Å²) >= 11 is 0. The Morgan fingerprint density at radius 2 is 1.87 bits per heavy atom. The van der Waals surface area contributed by atoms with E-state index in [-0.39, 0.29) is 24.0 Å². The molecule has 2 aliphatic rings. The number of ether oxygens (including phenoxy) is 2. The number of halogens is 1. The normalized spacial score (nSPS) is 18.5. The van der Waals surface area contributed by atoms with Crippen LogP contribution in [0.15, 0.2) is 23.2 Å². The number of hydrogen-bond acceptors (Lipinski definition) is 4. The number of aliphatic imine (C=N–C) groups is 1. The number of piperidine rings is 1. The van der Waals surface area contributed by atoms with Crippen molar-refractivity contribution < 1.29 is 9.47 Å². The topological polar surface area (TPSA) is 58.1 Å². The van der Waals surface area contributed by atoms with Crippen LogP contribution >= 0.6 is 24.0 Å². The van der Waals surface area contributed by atoms with Crippen LogP contribution in [0, 0.1) is 5.92 Å². The van der Waals surface area contributed by atoms with E-state index in [9.17, 15) is 0 Å². The van der Waals surface area contributed by atoms with Gasteiger partial charge in [-0.2, -0.15) is 0 Å². The molecule has 0 bridgehead atoms. The van der Waals surface area contributed by atoms with Crippen molar-refractivity contribution in [3.8, 4) is 11.5 Å². The smallest absolute Gasteiger partial charge is 0.191 e. The number of para-hydroxylation sites is 1. The molecule has 0 amide bonds. The van der Waals surface area contributed by atoms with Gasteiger partial charge in [0.2, 0.25) is 0 Å². The number of rotatable bonds is 9. The third-order valence-corrected chi connectivity index (χ3v) is 6.54. The Morgan fingerprint density at radius 3 is 2.52 bits per heavy atom. The summed E-state index contributed by atoms with van der Waals surface area (Å²) in [5.74, 6) is 3.35. The van der Waals surface area contributed by atoms with Crippen LogP contribution in [0.1, 0.15) is 57.4 Å². The first-order valence-corrected chi connectivity index (χ1v) is 11.7. The summed E-state index contributed by atoms with van der Waals surface area (Å²) in [4.78, 5) is 6.95. The SMILES string of the molecule is CCN1CCC(CCNC(=NC)NCc2cccc(OC)c2OC2CCCC2)CC1.I. The van der Waals surface area contributed by atoms with E-state index < -0.39 is 0 Å². The van der Waals surface area contributed by atoms with Crippen LogP contribution < -0.4 is 20.1 Å². The fourth-order valence-electron chi connectivity index (χ4n) is 4.55. The van der Waals surface area contributed by atoms with Crippen LogP contribution in [0.5, 0.6) is 11.5 Å². The van der Waals surface area contributed by atoms with Gasteiger partial charge in [0.25, 0.3) is 0 Å². The third kappa shape index (κ3) is 8.00. The number of nitrogens with one attached hydrogen (secondary N) is 2. The molecule has 1 aromatic rings. The van der Waals surface area contributed by atoms with Gasteiger partial charge < -0.3 is 25.0 Å². The second kappa shape index (κ2) is 14.0. The molecule has 1 saturated heterocycles. The predicted octanol–water partition coefficient (Wildman–Crippen LogP) is 4.42. The molecule has 6 nitrogen and oxygen atoms in total. The molecule has 2 fully saturated rings. The average molecular weight is 545 g/mol. The Bertz CT molecular complexity index is 672. The van der Waals surface area contributed by atoms with Gasteiger partial charge in [0.15, 0.2) is 17.5 Å². The third-order valence-electron chi connectivity index (χ3n) is 6.54. The van der Waals surface area contributed by atoms with E-state index in [1.807, 2.05) is 19.2 Å². The van der Waals surface area contributed by atoms with Crippen molar-refractivity contribution in [2.75, 3.05) is 40.3 Å². The van der Waals surface area contributed by atoms with E-state index in [0.717, 1.165) is 48.3 Å². The lowest BCUT2D eigenvalue weighted by atomic mass is 9.93. The predicted molar refractivity (Wildman–Crippen MR) is 139 cm³/mol. The number of likely N-dealkylation sites (tertiary alicyclic amines) is 1. The first-order chi connectivity index (χ1) is 14.7. The summed E-state index contributed by atoms with van der Waals surface area (Å²) in [6, 6.07) is 6.11. The highest BCUT2D eigenvalue weighted by atomic mass is 127. The Labute approximate surface area is 205 Å². The summed E-state index contributed by atoms with van der Waals surface area (Å²) in [6.45, 7) is 7.54. The molecule has 1 heterocycles. The highest BCUT2D eigenvalue weighted by Gasteiger charge is 2.21. The number of guanidine groups is 1. The van der Waals surface area contributed by atoms with E-state index in [1.54, 1.807) is 7.11 Å². The van der Waals surface area contributed by atoms with Crippen molar-refractivity contribution in [3.05, 3.63) is 23.8 Å². The van der Waals surface area contributed by atoms with Crippen molar-refractivity contribution in [1.29, 1.82) is 0 Å². The molecule has 3 rings (SSSR count). The van der Waals surface area contributed by atoms with E-state index in [1.165, 1.54) is 51.7 Å². The summed E-state index contributed by atoms with van der Waals surface area (Å²) in [7, 11) is 3.54. The molecule has 7 heteroatoms. The Hall–Kier alpha value is -1.22. The molecule has 1 aliphatic carbocycles. The first-order valence-electron chi connectivity index (χ1n) is 11.7. The van der Waals surface area contributed by atoms with E-state index in [0.29, 0.717) is 12.6 Å². The number of methoxy groups -OCH3 is 1. The maximum atomic E-state index is 6.34. The molecule has 31 heavy (non-hydrogen) atoms. The maximum absolute atomic E-state index is 6.34. The number of nitrogens with zero attached hydrogens (tertiary/aromatic N) is 2. The Morgan fingerprint density at radius 1 is 1.13 bits per heavy atom. The van der Waals surface area contributed by atoms with Crippen LogP contribution in [-0.4, -0.2) is 57.3 Å². The minimum Gasteiger partial charge on any atom is -0.493 e. The van der Waals surface area contributed by atoms with Gasteiger partial charge in [-0.25, -0.2) is 0 Å². The van der Waals surface area contributed by atoms with Gasteiger partial charge in [0, 0.05) is 25.7 Å². The molecule has 2 N–H and O–H groups in total. The summed E-state index contributed by atoms with van der Waals surface area (Å²) < 4.78 is 11.9. The van der Waals surface area contributed by atoms with Crippen LogP contribution in [0.2, 0.25) is 0 Å². The minimum absolute atomic E-state index is 0. The zero-order valence-electron chi connectivity index (χ0n) is 19.5. The lowest BCUT2D eigenvalue weighted by Crippen LogP contribution is -2.39. The maximum Gasteiger partial charge on any atom is 0.191 e. The van der Waals surface area contributed by atoms with E-state index >= 15 is 0 Å². The fourth-order valence-corrected chi connectivity index (χ4v) is 4.55. The summed E-state index contributed by atoms with van der Waals surface area (Å²) in [5.41, 5.74) is 1.11. The zero-order valence-corrected chi connectivity index (χ0v) is 21.8. The molecule has 0 aromatic heterocycles. The molecule has 176 valence electrons. The van der Waals surface area contributed by atoms with E-state index in [2.05, 4.69) is 33.5 Å². The quantitative estimate of drug-likeness (QED) is 0.274. The second-order valence-corrected chi connectivity index (χ2v) is 8.49. The fraction of sp³-hybridized carbons (Fsp3) is 0.708. The zero-order chi connectivity index (χ0) is 21.2. The van der Waals surface area contributed by atoms with Crippen molar-refractivity contribution in [1.82, 2.24) is 15.5 Å². The van der Waals surface area contributed by atoms with Crippen molar-refractivity contribution >= 4 is 29.9 Å². The number of hydrogen-bond donors (Lipinski definition) is 2. The molecule has 1 saturated carbocycles. The van der Waals surface area contributed by atoms with Crippen molar-refractivity contribution in [2.24, 2.45) is 10.9 Å². The largest absolute Gasteiger partial charge is 0.493 e. The summed E-state index contributed by atoms with van der Waals surface area (Å²) in [6.07, 6.45) is 8.89. The molecule has 0 radical (unpaired) electrons. The van der Waals surface area contributed by atoms with Crippen LogP contribution in [0.3, 0.4) is 0 Å². The lowest BCUT2D eigenvalue weighted by Gasteiger charge is -2.31. The van der Waals surface area contributed by atoms with Gasteiger partial charge in [-0.05, 0) is 76.6 Å². The molecular formula is C24H41IN4O2. The van der Waals surface area contributed by atoms with Gasteiger partial charge in [0.05, 0.1) is 13.2 Å². The first kappa shape index (κ1) is 26.0. The van der Waals surface area contributed by atoms with Crippen LogP contribution in [0.4, 0.5) is 0 Å². The Balaban J connectivity index is 0.00000341. The van der Waals surface area contributed by atoms with Crippen LogP contribution in [-0.2, 0) is 6.54 Å². The molecule has 1 aromatic carbocycles. The van der Waals surface area contributed by atoms with Gasteiger partial charge in [-0.15, -0.1) is 24.0 Å². The highest BCUT2D eigenvalue weighted by molar-refractivity contribution is 14.0. The van der Waals surface area contributed by atoms with Gasteiger partial charge in [-0.3, -0.25) is 4.99 Å². The van der Waals surface area contributed by atoms with Crippen molar-refractivity contribution in [3.63, 3.8) is 0 Å². The van der Waals surface area contributed by atoms with Gasteiger partial charge in [-0.1, -0.05) is 19.1 Å². The van der Waals surface area contributed by atoms with Gasteiger partial charge >= 0.3 is 0 Å². The van der Waals surface area contributed by atoms with Crippen LogP contribution in [0.25, 0.3) is 0 Å². The molecule has 1 aliphatic heterocycles.